The highest BCUT2D eigenvalue weighted by Crippen LogP contribution is 2.03. The van der Waals surface area contributed by atoms with Crippen molar-refractivity contribution in [3.05, 3.63) is 12.2 Å². The van der Waals surface area contributed by atoms with Crippen molar-refractivity contribution in [3.63, 3.8) is 0 Å². The van der Waals surface area contributed by atoms with Gasteiger partial charge in [0.25, 0.3) is 0 Å². The van der Waals surface area contributed by atoms with Crippen molar-refractivity contribution in [2.24, 2.45) is 11.7 Å². The summed E-state index contributed by atoms with van der Waals surface area (Å²) in [6, 6.07) is 0. The molecule has 2 N–H and O–H groups in total. The van der Waals surface area contributed by atoms with Crippen LogP contribution >= 0.6 is 12.2 Å². The standard InChI is InChI=1S/C10H19N5S/c1-8(2)4-15-10(12-7-13-15)6-14(3)5-9(11)16/h7-8H,4-6H2,1-3H3,(H2,11,16). The fourth-order valence-electron chi connectivity index (χ4n) is 1.47. The fourth-order valence-corrected chi connectivity index (χ4v) is 1.69. The Bertz CT molecular complexity index is 347. The number of aromatic nitrogens is 3. The first-order valence-electron chi connectivity index (χ1n) is 5.32. The molecule has 6 heteroatoms. The monoisotopic (exact) mass is 241 g/mol. The van der Waals surface area contributed by atoms with Crippen LogP contribution in [0.25, 0.3) is 0 Å². The topological polar surface area (TPSA) is 60.0 Å². The molecular formula is C10H19N5S. The molecule has 0 bridgehead atoms. The molecule has 0 aliphatic rings. The summed E-state index contributed by atoms with van der Waals surface area (Å²) in [6.07, 6.45) is 1.59. The van der Waals surface area contributed by atoms with Crippen LogP contribution in [0.4, 0.5) is 0 Å². The van der Waals surface area contributed by atoms with E-state index in [1.165, 1.54) is 0 Å². The second kappa shape index (κ2) is 5.91. The highest BCUT2D eigenvalue weighted by Gasteiger charge is 2.09. The van der Waals surface area contributed by atoms with Gasteiger partial charge >= 0.3 is 0 Å². The van der Waals surface area contributed by atoms with Crippen LogP contribution in [0.5, 0.6) is 0 Å². The maximum atomic E-state index is 5.49. The predicted molar refractivity (Wildman–Crippen MR) is 68.0 cm³/mol. The average molecular weight is 241 g/mol. The normalized spacial score (nSPS) is 11.3. The largest absolute Gasteiger partial charge is 0.392 e. The Hall–Kier alpha value is -1.01. The van der Waals surface area contributed by atoms with Crippen molar-refractivity contribution in [3.8, 4) is 0 Å². The molecule has 0 spiro atoms. The maximum absolute atomic E-state index is 5.49. The Balaban J connectivity index is 2.59. The van der Waals surface area contributed by atoms with E-state index >= 15 is 0 Å². The SMILES string of the molecule is CC(C)Cn1ncnc1CN(C)CC(N)=S. The minimum Gasteiger partial charge on any atom is -0.392 e. The van der Waals surface area contributed by atoms with E-state index in [-0.39, 0.29) is 0 Å². The first-order valence-corrected chi connectivity index (χ1v) is 5.73. The second-order valence-corrected chi connectivity index (χ2v) is 4.92. The van der Waals surface area contributed by atoms with Gasteiger partial charge in [-0.15, -0.1) is 0 Å². The average Bonchev–Trinajstić information content (AvgIpc) is 2.50. The predicted octanol–water partition coefficient (Wildman–Crippen LogP) is 0.652. The molecule has 0 atom stereocenters. The van der Waals surface area contributed by atoms with Gasteiger partial charge < -0.3 is 5.73 Å². The molecule has 0 aliphatic heterocycles. The van der Waals surface area contributed by atoms with Crippen molar-refractivity contribution in [2.45, 2.75) is 26.9 Å². The smallest absolute Gasteiger partial charge is 0.141 e. The van der Waals surface area contributed by atoms with Crippen LogP contribution in [-0.4, -0.2) is 38.2 Å². The minimum atomic E-state index is 0.498. The first kappa shape index (κ1) is 13.1. The molecule has 5 nitrogen and oxygen atoms in total. The number of hydrogen-bond donors (Lipinski definition) is 1. The Morgan fingerprint density at radius 2 is 2.31 bits per heavy atom. The van der Waals surface area contributed by atoms with Gasteiger partial charge in [0.2, 0.25) is 0 Å². The Kier molecular flexibility index (Phi) is 4.82. The minimum absolute atomic E-state index is 0.498. The number of nitrogens with two attached hydrogens (primary N) is 1. The highest BCUT2D eigenvalue weighted by molar-refractivity contribution is 7.80. The molecule has 16 heavy (non-hydrogen) atoms. The zero-order valence-electron chi connectivity index (χ0n) is 10.1. The number of rotatable bonds is 6. The third-order valence-corrected chi connectivity index (χ3v) is 2.20. The van der Waals surface area contributed by atoms with E-state index in [9.17, 15) is 0 Å². The summed E-state index contributed by atoms with van der Waals surface area (Å²) in [5, 5.41) is 4.20. The zero-order valence-corrected chi connectivity index (χ0v) is 10.9. The third kappa shape index (κ3) is 4.24. The van der Waals surface area contributed by atoms with E-state index in [4.69, 9.17) is 18.0 Å². The van der Waals surface area contributed by atoms with Gasteiger partial charge in [0.15, 0.2) is 0 Å². The molecule has 0 amide bonds. The molecule has 90 valence electrons. The van der Waals surface area contributed by atoms with Crippen molar-refractivity contribution in [1.29, 1.82) is 0 Å². The van der Waals surface area contributed by atoms with Gasteiger partial charge in [-0.2, -0.15) is 5.10 Å². The van der Waals surface area contributed by atoms with Gasteiger partial charge in [-0.1, -0.05) is 26.1 Å². The fraction of sp³-hybridized carbons (Fsp3) is 0.700. The molecule has 0 saturated carbocycles. The van der Waals surface area contributed by atoms with E-state index in [0.29, 0.717) is 24.0 Å². The molecule has 0 aliphatic carbocycles. The van der Waals surface area contributed by atoms with E-state index in [2.05, 4.69) is 23.9 Å². The van der Waals surface area contributed by atoms with Gasteiger partial charge in [-0.05, 0) is 13.0 Å². The van der Waals surface area contributed by atoms with Gasteiger partial charge in [0.05, 0.1) is 11.5 Å². The lowest BCUT2D eigenvalue weighted by molar-refractivity contribution is 0.344. The van der Waals surface area contributed by atoms with E-state index in [0.717, 1.165) is 12.4 Å². The van der Waals surface area contributed by atoms with E-state index in [1.807, 2.05) is 16.6 Å². The summed E-state index contributed by atoms with van der Waals surface area (Å²) in [4.78, 5) is 6.77. The Labute approximate surface area is 102 Å². The van der Waals surface area contributed by atoms with Crippen molar-refractivity contribution in [1.82, 2.24) is 19.7 Å². The van der Waals surface area contributed by atoms with E-state index < -0.39 is 0 Å². The Morgan fingerprint density at radius 1 is 1.62 bits per heavy atom. The number of likely N-dealkylation sites (N-methyl/N-ethyl adjacent to an activating group) is 1. The van der Waals surface area contributed by atoms with Crippen molar-refractivity contribution < 1.29 is 0 Å². The van der Waals surface area contributed by atoms with Gasteiger partial charge in [0.1, 0.15) is 12.2 Å². The van der Waals surface area contributed by atoms with Gasteiger partial charge in [-0.25, -0.2) is 9.67 Å². The van der Waals surface area contributed by atoms with Gasteiger partial charge in [0, 0.05) is 13.1 Å². The lowest BCUT2D eigenvalue weighted by Gasteiger charge is -2.16. The quantitative estimate of drug-likeness (QED) is 0.741. The summed E-state index contributed by atoms with van der Waals surface area (Å²) >= 11 is 4.86. The molecule has 1 heterocycles. The van der Waals surface area contributed by atoms with Crippen LogP contribution in [0.2, 0.25) is 0 Å². The summed E-state index contributed by atoms with van der Waals surface area (Å²) < 4.78 is 1.93. The maximum Gasteiger partial charge on any atom is 0.141 e. The summed E-state index contributed by atoms with van der Waals surface area (Å²) in [6.45, 7) is 6.51. The summed E-state index contributed by atoms with van der Waals surface area (Å²) in [5.74, 6) is 1.51. The second-order valence-electron chi connectivity index (χ2n) is 4.39. The third-order valence-electron chi connectivity index (χ3n) is 2.07. The molecule has 0 saturated heterocycles. The summed E-state index contributed by atoms with van der Waals surface area (Å²) in [5.41, 5.74) is 5.49. The van der Waals surface area contributed by atoms with Crippen LogP contribution < -0.4 is 5.73 Å². The number of nitrogens with zero attached hydrogens (tertiary/aromatic N) is 4. The molecule has 0 fully saturated rings. The molecule has 0 unspecified atom stereocenters. The zero-order chi connectivity index (χ0) is 12.1. The lowest BCUT2D eigenvalue weighted by atomic mass is 10.2. The van der Waals surface area contributed by atoms with Crippen LogP contribution in [0.15, 0.2) is 6.33 Å². The van der Waals surface area contributed by atoms with Crippen molar-refractivity contribution >= 4 is 17.2 Å². The number of thiocarbonyl (C=S) groups is 1. The lowest BCUT2D eigenvalue weighted by Crippen LogP contribution is -2.30. The van der Waals surface area contributed by atoms with Crippen molar-refractivity contribution in [2.75, 3.05) is 13.6 Å². The molecule has 0 radical (unpaired) electrons. The van der Waals surface area contributed by atoms with E-state index in [1.54, 1.807) is 6.33 Å². The number of hydrogen-bond acceptors (Lipinski definition) is 4. The van der Waals surface area contributed by atoms with Crippen LogP contribution in [0.3, 0.4) is 0 Å². The molecule has 1 aromatic rings. The molecule has 1 aromatic heterocycles. The van der Waals surface area contributed by atoms with Crippen LogP contribution in [0.1, 0.15) is 19.7 Å². The Morgan fingerprint density at radius 3 is 2.88 bits per heavy atom. The first-order chi connectivity index (χ1) is 7.49. The van der Waals surface area contributed by atoms with Gasteiger partial charge in [-0.3, -0.25) is 4.90 Å². The highest BCUT2D eigenvalue weighted by atomic mass is 32.1. The molecule has 0 aromatic carbocycles. The molecule has 1 rings (SSSR count). The molecular weight excluding hydrogens is 222 g/mol. The van der Waals surface area contributed by atoms with Crippen LogP contribution in [-0.2, 0) is 13.1 Å². The van der Waals surface area contributed by atoms with Crippen LogP contribution in [0, 0.1) is 5.92 Å². The summed E-state index contributed by atoms with van der Waals surface area (Å²) in [7, 11) is 1.97.